The molecule has 0 aliphatic carbocycles. The second-order valence-electron chi connectivity index (χ2n) is 4.46. The second-order valence-corrected chi connectivity index (χ2v) is 6.24. The van der Waals surface area contributed by atoms with Crippen LogP contribution in [0.1, 0.15) is 16.3 Å². The maximum Gasteiger partial charge on any atom is 0.205 e. The van der Waals surface area contributed by atoms with Crippen LogP contribution in [0.4, 0.5) is 9.52 Å². The number of benzene rings is 1. The highest BCUT2D eigenvalue weighted by Gasteiger charge is 2.05. The van der Waals surface area contributed by atoms with Crippen molar-refractivity contribution in [2.45, 2.75) is 12.8 Å². The molecule has 21 heavy (non-hydrogen) atoms. The fourth-order valence-corrected chi connectivity index (χ4v) is 3.22. The zero-order valence-electron chi connectivity index (χ0n) is 11.1. The number of hydrogen-bond donors (Lipinski definition) is 1. The highest BCUT2D eigenvalue weighted by Crippen LogP contribution is 2.18. The molecule has 0 aliphatic rings. The van der Waals surface area contributed by atoms with Crippen molar-refractivity contribution in [3.05, 3.63) is 57.2 Å². The molecule has 0 amide bonds. The third-order valence-corrected chi connectivity index (χ3v) is 4.39. The molecule has 0 atom stereocenters. The molecule has 2 heterocycles. The Balaban J connectivity index is 1.52. The fourth-order valence-electron chi connectivity index (χ4n) is 1.83. The van der Waals surface area contributed by atoms with Crippen LogP contribution in [0.25, 0.3) is 0 Å². The Hall–Kier alpha value is -1.86. The van der Waals surface area contributed by atoms with Gasteiger partial charge in [-0.3, -0.25) is 0 Å². The van der Waals surface area contributed by atoms with E-state index in [1.165, 1.54) is 23.5 Å². The van der Waals surface area contributed by atoms with Gasteiger partial charge in [0.2, 0.25) is 5.13 Å². The van der Waals surface area contributed by atoms with Crippen molar-refractivity contribution in [3.8, 4) is 0 Å². The van der Waals surface area contributed by atoms with Gasteiger partial charge in [0, 0.05) is 24.8 Å². The zero-order chi connectivity index (χ0) is 14.5. The van der Waals surface area contributed by atoms with Crippen LogP contribution in [0.3, 0.4) is 0 Å². The van der Waals surface area contributed by atoms with Crippen molar-refractivity contribution in [2.75, 3.05) is 11.9 Å². The van der Waals surface area contributed by atoms with E-state index >= 15 is 0 Å². The van der Waals surface area contributed by atoms with E-state index in [-0.39, 0.29) is 5.82 Å². The molecular weight excluding hydrogens is 307 g/mol. The molecule has 2 aromatic heterocycles. The predicted octanol–water partition coefficient (Wildman–Crippen LogP) is 3.38. The molecule has 3 aromatic rings. The normalized spacial score (nSPS) is 10.7. The summed E-state index contributed by atoms with van der Waals surface area (Å²) in [5.74, 6) is -0.222. The van der Waals surface area contributed by atoms with Crippen LogP contribution >= 0.6 is 22.7 Å². The van der Waals surface area contributed by atoms with Gasteiger partial charge in [0.1, 0.15) is 10.8 Å². The predicted molar refractivity (Wildman–Crippen MR) is 83.4 cm³/mol. The van der Waals surface area contributed by atoms with Crippen LogP contribution in [0.15, 0.2) is 35.2 Å². The molecule has 108 valence electrons. The summed E-state index contributed by atoms with van der Waals surface area (Å²) in [6.07, 6.45) is 1.54. The quantitative estimate of drug-likeness (QED) is 0.756. The number of thiazole rings is 1. The molecule has 0 unspecified atom stereocenters. The summed E-state index contributed by atoms with van der Waals surface area (Å²) in [6, 6.07) is 6.46. The van der Waals surface area contributed by atoms with Crippen molar-refractivity contribution in [1.29, 1.82) is 0 Å². The van der Waals surface area contributed by atoms with Gasteiger partial charge in [-0.05, 0) is 17.7 Å². The lowest BCUT2D eigenvalue weighted by atomic mass is 10.2. The van der Waals surface area contributed by atoms with Gasteiger partial charge in [-0.1, -0.05) is 23.5 Å². The number of nitrogens with zero attached hydrogens (tertiary/aromatic N) is 3. The summed E-state index contributed by atoms with van der Waals surface area (Å²) in [7, 11) is 0. The summed E-state index contributed by atoms with van der Waals surface area (Å²) in [5, 5.41) is 15.3. The molecule has 7 heteroatoms. The van der Waals surface area contributed by atoms with E-state index in [2.05, 4.69) is 20.5 Å². The van der Waals surface area contributed by atoms with Crippen molar-refractivity contribution in [2.24, 2.45) is 0 Å². The highest BCUT2D eigenvalue weighted by atomic mass is 32.1. The largest absolute Gasteiger partial charge is 0.360 e. The Morgan fingerprint density at radius 1 is 1.14 bits per heavy atom. The standard InChI is InChI=1S/C14H13FN4S2/c15-11-3-1-10(2-4-11)7-13-18-19-14(21-13)16-6-5-12-8-20-9-17-12/h1-4,8-9H,5-7H2,(H,16,19). The monoisotopic (exact) mass is 320 g/mol. The number of halogens is 1. The molecular formula is C14H13FN4S2. The highest BCUT2D eigenvalue weighted by molar-refractivity contribution is 7.15. The average molecular weight is 320 g/mol. The van der Waals surface area contributed by atoms with E-state index in [9.17, 15) is 4.39 Å². The second kappa shape index (κ2) is 6.73. The van der Waals surface area contributed by atoms with E-state index in [0.29, 0.717) is 6.42 Å². The maximum absolute atomic E-state index is 12.8. The summed E-state index contributed by atoms with van der Waals surface area (Å²) >= 11 is 3.13. The average Bonchev–Trinajstić information content (AvgIpc) is 3.14. The lowest BCUT2D eigenvalue weighted by Gasteiger charge is -1.99. The Morgan fingerprint density at radius 2 is 2.00 bits per heavy atom. The first-order chi connectivity index (χ1) is 10.3. The van der Waals surface area contributed by atoms with Gasteiger partial charge in [0.25, 0.3) is 0 Å². The van der Waals surface area contributed by atoms with E-state index in [1.54, 1.807) is 23.5 Å². The molecule has 0 fully saturated rings. The minimum Gasteiger partial charge on any atom is -0.360 e. The van der Waals surface area contributed by atoms with Crippen molar-refractivity contribution < 1.29 is 4.39 Å². The first kappa shape index (κ1) is 14.1. The van der Waals surface area contributed by atoms with Crippen LogP contribution in [0, 0.1) is 5.82 Å². The van der Waals surface area contributed by atoms with Gasteiger partial charge < -0.3 is 5.32 Å². The molecule has 0 bridgehead atoms. The van der Waals surface area contributed by atoms with Gasteiger partial charge in [0.05, 0.1) is 11.2 Å². The Bertz CT molecular complexity index is 679. The third-order valence-electron chi connectivity index (χ3n) is 2.88. The van der Waals surface area contributed by atoms with Gasteiger partial charge in [-0.2, -0.15) is 0 Å². The van der Waals surface area contributed by atoms with Crippen LogP contribution in [-0.2, 0) is 12.8 Å². The SMILES string of the molecule is Fc1ccc(Cc2nnc(NCCc3cscn3)s2)cc1. The summed E-state index contributed by atoms with van der Waals surface area (Å²) in [6.45, 7) is 0.787. The lowest BCUT2D eigenvalue weighted by molar-refractivity contribution is 0.627. The zero-order valence-corrected chi connectivity index (χ0v) is 12.8. The Labute approximate surface area is 129 Å². The molecule has 1 aromatic carbocycles. The smallest absolute Gasteiger partial charge is 0.205 e. The van der Waals surface area contributed by atoms with Crippen LogP contribution in [0.2, 0.25) is 0 Å². The molecule has 4 nitrogen and oxygen atoms in total. The molecule has 0 aliphatic heterocycles. The fraction of sp³-hybridized carbons (Fsp3) is 0.214. The van der Waals surface area contributed by atoms with Crippen molar-refractivity contribution in [1.82, 2.24) is 15.2 Å². The summed E-state index contributed by atoms with van der Waals surface area (Å²) in [5.41, 5.74) is 3.95. The van der Waals surface area contributed by atoms with Crippen LogP contribution in [0.5, 0.6) is 0 Å². The summed E-state index contributed by atoms with van der Waals surface area (Å²) in [4.78, 5) is 4.23. The molecule has 0 saturated heterocycles. The number of anilines is 1. The van der Waals surface area contributed by atoms with E-state index in [0.717, 1.165) is 34.4 Å². The lowest BCUT2D eigenvalue weighted by Crippen LogP contribution is -2.04. The number of nitrogens with one attached hydrogen (secondary N) is 1. The number of hydrogen-bond acceptors (Lipinski definition) is 6. The first-order valence-corrected chi connectivity index (χ1v) is 8.23. The minimum atomic E-state index is -0.222. The molecule has 3 rings (SSSR count). The van der Waals surface area contributed by atoms with E-state index in [1.807, 2.05) is 10.9 Å². The van der Waals surface area contributed by atoms with Gasteiger partial charge in [-0.25, -0.2) is 9.37 Å². The van der Waals surface area contributed by atoms with Gasteiger partial charge >= 0.3 is 0 Å². The molecule has 0 spiro atoms. The number of rotatable bonds is 6. The van der Waals surface area contributed by atoms with Crippen molar-refractivity contribution in [3.63, 3.8) is 0 Å². The number of aromatic nitrogens is 3. The summed E-state index contributed by atoms with van der Waals surface area (Å²) < 4.78 is 12.8. The maximum atomic E-state index is 12.8. The molecule has 0 saturated carbocycles. The van der Waals surface area contributed by atoms with Gasteiger partial charge in [-0.15, -0.1) is 21.5 Å². The topological polar surface area (TPSA) is 50.7 Å². The van der Waals surface area contributed by atoms with Crippen LogP contribution < -0.4 is 5.32 Å². The van der Waals surface area contributed by atoms with Crippen molar-refractivity contribution >= 4 is 27.8 Å². The van der Waals surface area contributed by atoms with Crippen LogP contribution in [-0.4, -0.2) is 21.7 Å². The van der Waals surface area contributed by atoms with E-state index in [4.69, 9.17) is 0 Å². The first-order valence-electron chi connectivity index (χ1n) is 6.47. The minimum absolute atomic E-state index is 0.222. The Morgan fingerprint density at radius 3 is 2.76 bits per heavy atom. The molecule has 1 N–H and O–H groups in total. The third kappa shape index (κ3) is 4.05. The molecule has 0 radical (unpaired) electrons. The Kier molecular flexibility index (Phi) is 4.52. The van der Waals surface area contributed by atoms with E-state index < -0.39 is 0 Å². The van der Waals surface area contributed by atoms with Gasteiger partial charge in [0.15, 0.2) is 0 Å².